The van der Waals surface area contributed by atoms with Crippen LogP contribution in [0.5, 0.6) is 0 Å². The molecule has 6 heteroatoms. The van der Waals surface area contributed by atoms with Gasteiger partial charge >= 0.3 is 5.97 Å². The van der Waals surface area contributed by atoms with Crippen molar-refractivity contribution in [1.82, 2.24) is 0 Å². The number of rotatable bonds is 6. The van der Waals surface area contributed by atoms with Crippen LogP contribution in [-0.2, 0) is 14.4 Å². The largest absolute Gasteiger partial charge is 0.481 e. The molecule has 194 valence electrons. The molecule has 4 aliphatic rings. The molecular weight excluding hydrogens is 444 g/mol. The summed E-state index contributed by atoms with van der Waals surface area (Å²) in [5.41, 5.74) is 0.709. The van der Waals surface area contributed by atoms with Gasteiger partial charge in [-0.3, -0.25) is 14.4 Å². The molecule has 4 aliphatic carbocycles. The van der Waals surface area contributed by atoms with Gasteiger partial charge in [-0.1, -0.05) is 39.8 Å². The molecule has 10 atom stereocenters. The van der Waals surface area contributed by atoms with Crippen LogP contribution < -0.4 is 0 Å². The van der Waals surface area contributed by atoms with Crippen molar-refractivity contribution >= 4 is 17.5 Å². The standard InChI is InChI=1S/C29H42O6/c1-14(16(3)27(34)35)7-8-15(2)18-9-10-19-23-22(31)13-20-17(4)21(30)11-12-28(20,5)24(23)25(32)26(33)29(18,19)6/h15-21,26,30,33H,1,7-13H2,2-6H3,(H,34,35)/t15-,16?,17+,18-,19+,20+,21-,26+,28+,29-/m1/s1. The van der Waals surface area contributed by atoms with E-state index in [0.717, 1.165) is 19.3 Å². The molecule has 0 aliphatic heterocycles. The van der Waals surface area contributed by atoms with E-state index in [1.807, 2.05) is 13.8 Å². The fraction of sp³-hybridized carbons (Fsp3) is 0.759. The first kappa shape index (κ1) is 26.3. The van der Waals surface area contributed by atoms with Crippen LogP contribution in [-0.4, -0.2) is 45.1 Å². The third-order valence-corrected chi connectivity index (χ3v) is 10.9. The first-order chi connectivity index (χ1) is 16.3. The number of aliphatic hydroxyl groups excluding tert-OH is 2. The highest BCUT2D eigenvalue weighted by Crippen LogP contribution is 2.65. The van der Waals surface area contributed by atoms with Gasteiger partial charge in [-0.25, -0.2) is 0 Å². The van der Waals surface area contributed by atoms with Gasteiger partial charge < -0.3 is 15.3 Å². The molecule has 6 nitrogen and oxygen atoms in total. The van der Waals surface area contributed by atoms with Crippen LogP contribution in [0.15, 0.2) is 23.3 Å². The van der Waals surface area contributed by atoms with Gasteiger partial charge in [-0.2, -0.15) is 0 Å². The van der Waals surface area contributed by atoms with Gasteiger partial charge in [0.25, 0.3) is 0 Å². The summed E-state index contributed by atoms with van der Waals surface area (Å²) >= 11 is 0. The highest BCUT2D eigenvalue weighted by Gasteiger charge is 2.65. The van der Waals surface area contributed by atoms with Gasteiger partial charge in [0.05, 0.1) is 12.0 Å². The molecule has 0 heterocycles. The Morgan fingerprint density at radius 1 is 1.14 bits per heavy atom. The van der Waals surface area contributed by atoms with Crippen molar-refractivity contribution in [2.75, 3.05) is 0 Å². The van der Waals surface area contributed by atoms with Gasteiger partial charge in [-0.15, -0.1) is 0 Å². The molecule has 35 heavy (non-hydrogen) atoms. The Bertz CT molecular complexity index is 980. The van der Waals surface area contributed by atoms with Crippen LogP contribution >= 0.6 is 0 Å². The second kappa shape index (κ2) is 8.95. The summed E-state index contributed by atoms with van der Waals surface area (Å²) in [5.74, 6) is -1.84. The van der Waals surface area contributed by atoms with E-state index in [1.54, 1.807) is 6.92 Å². The number of hydrogen-bond acceptors (Lipinski definition) is 5. The van der Waals surface area contributed by atoms with Crippen LogP contribution in [0.3, 0.4) is 0 Å². The summed E-state index contributed by atoms with van der Waals surface area (Å²) in [6.07, 6.45) is 2.90. The van der Waals surface area contributed by atoms with Crippen molar-refractivity contribution in [3.05, 3.63) is 23.3 Å². The van der Waals surface area contributed by atoms with Crippen LogP contribution in [0, 0.1) is 46.3 Å². The lowest BCUT2D eigenvalue weighted by Gasteiger charge is -2.56. The Hall–Kier alpha value is -1.79. The molecule has 1 unspecified atom stereocenters. The molecule has 2 fully saturated rings. The number of aliphatic hydroxyl groups is 2. The van der Waals surface area contributed by atoms with Gasteiger partial charge in [0.15, 0.2) is 11.6 Å². The predicted octanol–water partition coefficient (Wildman–Crippen LogP) is 4.34. The number of carboxylic acid groups (broad SMARTS) is 1. The van der Waals surface area contributed by atoms with Gasteiger partial charge in [0.1, 0.15) is 6.10 Å². The van der Waals surface area contributed by atoms with Crippen molar-refractivity contribution in [1.29, 1.82) is 0 Å². The Morgan fingerprint density at radius 2 is 1.80 bits per heavy atom. The average molecular weight is 487 g/mol. The maximum atomic E-state index is 13.9. The molecule has 0 bridgehead atoms. The molecular formula is C29H42O6. The number of aliphatic carboxylic acids is 1. The van der Waals surface area contributed by atoms with Crippen LogP contribution in [0.25, 0.3) is 0 Å². The number of allylic oxidation sites excluding steroid dienone is 1. The Labute approximate surface area is 208 Å². The van der Waals surface area contributed by atoms with Crippen LogP contribution in [0.2, 0.25) is 0 Å². The topological polar surface area (TPSA) is 112 Å². The monoisotopic (exact) mass is 486 g/mol. The molecule has 3 N–H and O–H groups in total. The number of Topliss-reactive ketones (excluding diaryl/α,β-unsaturated/α-hetero) is 2. The first-order valence-electron chi connectivity index (χ1n) is 13.3. The third kappa shape index (κ3) is 3.78. The highest BCUT2D eigenvalue weighted by atomic mass is 16.4. The molecule has 2 saturated carbocycles. The zero-order valence-electron chi connectivity index (χ0n) is 21.8. The van der Waals surface area contributed by atoms with Gasteiger partial charge in [-0.05, 0) is 75.0 Å². The summed E-state index contributed by atoms with van der Waals surface area (Å²) in [6, 6.07) is 0. The third-order valence-electron chi connectivity index (χ3n) is 10.9. The van der Waals surface area contributed by atoms with Crippen molar-refractivity contribution in [2.24, 2.45) is 46.3 Å². The second-order valence-corrected chi connectivity index (χ2v) is 12.5. The van der Waals surface area contributed by atoms with E-state index >= 15 is 0 Å². The number of carbonyl (C=O) groups excluding carboxylic acids is 2. The number of fused-ring (bicyclic) bond motifs is 4. The minimum atomic E-state index is -1.16. The minimum Gasteiger partial charge on any atom is -0.481 e. The van der Waals surface area contributed by atoms with Gasteiger partial charge in [0, 0.05) is 28.4 Å². The molecule has 0 radical (unpaired) electrons. The smallest absolute Gasteiger partial charge is 0.310 e. The summed E-state index contributed by atoms with van der Waals surface area (Å²) in [5, 5.41) is 31.3. The van der Waals surface area contributed by atoms with E-state index in [0.29, 0.717) is 42.4 Å². The minimum absolute atomic E-state index is 0.0249. The quantitative estimate of drug-likeness (QED) is 0.482. The molecule has 0 aromatic carbocycles. The van der Waals surface area contributed by atoms with E-state index in [4.69, 9.17) is 0 Å². The molecule has 0 spiro atoms. The Kier molecular flexibility index (Phi) is 6.72. The highest BCUT2D eigenvalue weighted by molar-refractivity contribution is 6.12. The normalized spacial score (nSPS) is 42.7. The van der Waals surface area contributed by atoms with Crippen molar-refractivity contribution < 1.29 is 29.7 Å². The summed E-state index contributed by atoms with van der Waals surface area (Å²) in [4.78, 5) is 38.8. The number of carboxylic acids is 1. The number of carbonyl (C=O) groups is 3. The average Bonchev–Trinajstić information content (AvgIpc) is 3.16. The zero-order chi connectivity index (χ0) is 26.0. The van der Waals surface area contributed by atoms with E-state index in [-0.39, 0.29) is 41.2 Å². The van der Waals surface area contributed by atoms with E-state index < -0.39 is 34.9 Å². The van der Waals surface area contributed by atoms with Crippen LogP contribution in [0.1, 0.15) is 79.6 Å². The molecule has 0 amide bonds. The van der Waals surface area contributed by atoms with Crippen molar-refractivity contribution in [3.8, 4) is 0 Å². The molecule has 0 aromatic rings. The van der Waals surface area contributed by atoms with Crippen molar-refractivity contribution in [2.45, 2.75) is 91.8 Å². The lowest BCUT2D eigenvalue weighted by molar-refractivity contribution is -0.145. The maximum absolute atomic E-state index is 13.9. The molecule has 4 rings (SSSR count). The summed E-state index contributed by atoms with van der Waals surface area (Å²) < 4.78 is 0. The summed E-state index contributed by atoms with van der Waals surface area (Å²) in [7, 11) is 0. The Morgan fingerprint density at radius 3 is 2.43 bits per heavy atom. The fourth-order valence-corrected chi connectivity index (χ4v) is 8.40. The van der Waals surface area contributed by atoms with Gasteiger partial charge in [0.2, 0.25) is 0 Å². The number of ketones is 2. The molecule has 0 aromatic heterocycles. The lowest BCUT2D eigenvalue weighted by atomic mass is 9.47. The first-order valence-corrected chi connectivity index (χ1v) is 13.3. The molecule has 0 saturated heterocycles. The van der Waals surface area contributed by atoms with E-state index in [2.05, 4.69) is 20.4 Å². The van der Waals surface area contributed by atoms with E-state index in [1.165, 1.54) is 0 Å². The second-order valence-electron chi connectivity index (χ2n) is 12.5. The van der Waals surface area contributed by atoms with E-state index in [9.17, 15) is 29.7 Å². The SMILES string of the molecule is C=C(CC[C@@H](C)[C@H]1CC[C@H]2C3=C(C(=O)[C@H](O)[C@]12C)[C@@]1(C)CC[C@@H](O)[C@@H](C)[C@@H]1CC3=O)C(C)C(=O)O. The van der Waals surface area contributed by atoms with Crippen molar-refractivity contribution in [3.63, 3.8) is 0 Å². The lowest BCUT2D eigenvalue weighted by Crippen LogP contribution is -2.58. The predicted molar refractivity (Wildman–Crippen MR) is 132 cm³/mol. The summed E-state index contributed by atoms with van der Waals surface area (Å²) in [6.45, 7) is 13.8. The van der Waals surface area contributed by atoms with Crippen LogP contribution in [0.4, 0.5) is 0 Å². The maximum Gasteiger partial charge on any atom is 0.310 e. The zero-order valence-corrected chi connectivity index (χ0v) is 21.8. The fourth-order valence-electron chi connectivity index (χ4n) is 8.40. The Balaban J connectivity index is 1.66. The number of hydrogen-bond donors (Lipinski definition) is 3.